The van der Waals surface area contributed by atoms with Crippen LogP contribution in [0.3, 0.4) is 0 Å². The van der Waals surface area contributed by atoms with Crippen LogP contribution < -0.4 is 11.1 Å². The fourth-order valence-corrected chi connectivity index (χ4v) is 4.16. The Kier molecular flexibility index (Phi) is 4.77. The molecular formula is C15H23ClN2OS. The zero-order valence-corrected chi connectivity index (χ0v) is 13.5. The van der Waals surface area contributed by atoms with Gasteiger partial charge in [-0.1, -0.05) is 0 Å². The van der Waals surface area contributed by atoms with Crippen molar-refractivity contribution in [3.63, 3.8) is 0 Å². The second kappa shape index (κ2) is 6.04. The number of hydrogen-bond acceptors (Lipinski definition) is 3. The summed E-state index contributed by atoms with van der Waals surface area (Å²) in [5.74, 6) is 0.797. The molecule has 0 bridgehead atoms. The monoisotopic (exact) mass is 314 g/mol. The summed E-state index contributed by atoms with van der Waals surface area (Å²) < 4.78 is 0. The molecular weight excluding hydrogens is 292 g/mol. The Labute approximate surface area is 130 Å². The summed E-state index contributed by atoms with van der Waals surface area (Å²) in [6.07, 6.45) is 5.62. The van der Waals surface area contributed by atoms with E-state index in [0.29, 0.717) is 12.5 Å². The molecule has 1 amide bonds. The van der Waals surface area contributed by atoms with Crippen LogP contribution in [0.15, 0.2) is 11.4 Å². The number of nitrogens with two attached hydrogens (primary N) is 1. The Morgan fingerprint density at radius 2 is 2.25 bits per heavy atom. The highest BCUT2D eigenvalue weighted by Gasteiger charge is 2.42. The lowest BCUT2D eigenvalue weighted by atomic mass is 9.85. The van der Waals surface area contributed by atoms with Gasteiger partial charge < -0.3 is 11.1 Å². The molecule has 5 heteroatoms. The predicted octanol–water partition coefficient (Wildman–Crippen LogP) is 2.83. The van der Waals surface area contributed by atoms with Gasteiger partial charge in [0, 0.05) is 11.4 Å². The molecule has 3 N–H and O–H groups in total. The van der Waals surface area contributed by atoms with Crippen molar-refractivity contribution in [3.05, 3.63) is 21.9 Å². The molecule has 0 aliphatic heterocycles. The lowest BCUT2D eigenvalue weighted by Gasteiger charge is -2.32. The lowest BCUT2D eigenvalue weighted by molar-refractivity contribution is -0.124. The van der Waals surface area contributed by atoms with Crippen molar-refractivity contribution in [2.75, 3.05) is 6.54 Å². The molecule has 2 aliphatic rings. The highest BCUT2D eigenvalue weighted by molar-refractivity contribution is 7.10. The fraction of sp³-hybridized carbons (Fsp3) is 0.667. The van der Waals surface area contributed by atoms with Gasteiger partial charge in [0.1, 0.15) is 0 Å². The molecule has 1 heterocycles. The first-order chi connectivity index (χ1) is 9.14. The minimum absolute atomic E-state index is 0. The van der Waals surface area contributed by atoms with E-state index in [-0.39, 0.29) is 29.8 Å². The molecule has 2 aliphatic carbocycles. The van der Waals surface area contributed by atoms with Crippen molar-refractivity contribution in [1.82, 2.24) is 5.32 Å². The van der Waals surface area contributed by atoms with Crippen LogP contribution in [0.25, 0.3) is 0 Å². The highest BCUT2D eigenvalue weighted by Crippen LogP contribution is 2.40. The number of amides is 1. The Hall–Kier alpha value is -0.580. The molecule has 1 aromatic heterocycles. The molecule has 2 atom stereocenters. The van der Waals surface area contributed by atoms with Crippen LogP contribution in [0.4, 0.5) is 0 Å². The molecule has 1 saturated carbocycles. The molecule has 20 heavy (non-hydrogen) atoms. The van der Waals surface area contributed by atoms with E-state index in [9.17, 15) is 4.79 Å². The topological polar surface area (TPSA) is 55.1 Å². The van der Waals surface area contributed by atoms with Crippen LogP contribution in [0.2, 0.25) is 0 Å². The van der Waals surface area contributed by atoms with Gasteiger partial charge in [-0.05, 0) is 62.0 Å². The number of fused-ring (bicyclic) bond motifs is 1. The average molecular weight is 315 g/mol. The third kappa shape index (κ3) is 2.87. The van der Waals surface area contributed by atoms with Gasteiger partial charge in [-0.3, -0.25) is 4.79 Å². The van der Waals surface area contributed by atoms with Crippen LogP contribution in [-0.2, 0) is 11.2 Å². The summed E-state index contributed by atoms with van der Waals surface area (Å²) in [4.78, 5) is 14.0. The van der Waals surface area contributed by atoms with Gasteiger partial charge in [-0.15, -0.1) is 23.7 Å². The van der Waals surface area contributed by atoms with E-state index in [2.05, 4.69) is 23.7 Å². The molecule has 0 aromatic carbocycles. The van der Waals surface area contributed by atoms with Gasteiger partial charge in [-0.2, -0.15) is 0 Å². The summed E-state index contributed by atoms with van der Waals surface area (Å²) in [7, 11) is 0. The van der Waals surface area contributed by atoms with Gasteiger partial charge in [0.25, 0.3) is 0 Å². The van der Waals surface area contributed by atoms with Crippen LogP contribution in [0.1, 0.15) is 49.0 Å². The van der Waals surface area contributed by atoms with E-state index in [0.717, 1.165) is 19.3 Å². The van der Waals surface area contributed by atoms with Gasteiger partial charge in [0.2, 0.25) is 5.91 Å². The number of thiophene rings is 1. The van der Waals surface area contributed by atoms with Crippen molar-refractivity contribution >= 4 is 29.7 Å². The van der Waals surface area contributed by atoms with Crippen molar-refractivity contribution in [3.8, 4) is 0 Å². The maximum atomic E-state index is 12.6. The summed E-state index contributed by atoms with van der Waals surface area (Å²) in [6.45, 7) is 2.63. The largest absolute Gasteiger partial charge is 0.349 e. The lowest BCUT2D eigenvalue weighted by Crippen LogP contribution is -2.54. The third-order valence-electron chi connectivity index (χ3n) is 4.68. The zero-order valence-electron chi connectivity index (χ0n) is 11.9. The smallest absolute Gasteiger partial charge is 0.228 e. The van der Waals surface area contributed by atoms with Crippen molar-refractivity contribution in [1.29, 1.82) is 0 Å². The second-order valence-electron chi connectivity index (χ2n) is 6.13. The fourth-order valence-electron chi connectivity index (χ4n) is 3.17. The predicted molar refractivity (Wildman–Crippen MR) is 85.6 cm³/mol. The van der Waals surface area contributed by atoms with E-state index in [1.807, 2.05) is 0 Å². The van der Waals surface area contributed by atoms with E-state index in [1.54, 1.807) is 11.3 Å². The van der Waals surface area contributed by atoms with Gasteiger partial charge in [-0.25, -0.2) is 0 Å². The van der Waals surface area contributed by atoms with Crippen LogP contribution in [-0.4, -0.2) is 18.0 Å². The highest BCUT2D eigenvalue weighted by atomic mass is 35.5. The summed E-state index contributed by atoms with van der Waals surface area (Å²) in [5, 5.41) is 5.36. The molecule has 0 radical (unpaired) electrons. The van der Waals surface area contributed by atoms with E-state index >= 15 is 0 Å². The number of carbonyl (C=O) groups excluding carboxylic acids is 1. The van der Waals surface area contributed by atoms with E-state index in [4.69, 9.17) is 5.73 Å². The molecule has 1 aromatic rings. The molecule has 3 rings (SSSR count). The number of aryl methyl sites for hydroxylation is 1. The number of nitrogens with one attached hydrogen (secondary N) is 1. The first kappa shape index (κ1) is 15.8. The maximum Gasteiger partial charge on any atom is 0.228 e. The van der Waals surface area contributed by atoms with Crippen LogP contribution >= 0.6 is 23.7 Å². The Bertz CT molecular complexity index is 486. The third-order valence-corrected chi connectivity index (χ3v) is 5.68. The van der Waals surface area contributed by atoms with Gasteiger partial charge in [0.05, 0.1) is 11.5 Å². The SMILES string of the molecule is CC(CN)(NC(=O)C1CCCc2sccc21)C1CC1.Cl. The summed E-state index contributed by atoms with van der Waals surface area (Å²) >= 11 is 1.78. The standard InChI is InChI=1S/C15H22N2OS.ClH/c1-15(9-16,10-5-6-10)17-14(18)12-3-2-4-13-11(12)7-8-19-13;/h7-8,10,12H,2-6,9,16H2,1H3,(H,17,18);1H. The minimum Gasteiger partial charge on any atom is -0.349 e. The molecule has 3 nitrogen and oxygen atoms in total. The number of hydrogen-bond donors (Lipinski definition) is 2. The Balaban J connectivity index is 0.00000147. The maximum absolute atomic E-state index is 12.6. The first-order valence-corrected chi connectivity index (χ1v) is 8.10. The number of carbonyl (C=O) groups is 1. The quantitative estimate of drug-likeness (QED) is 0.898. The number of rotatable bonds is 4. The van der Waals surface area contributed by atoms with Crippen molar-refractivity contribution in [2.24, 2.45) is 11.7 Å². The van der Waals surface area contributed by atoms with Crippen LogP contribution in [0.5, 0.6) is 0 Å². The molecule has 1 fully saturated rings. The molecule has 2 unspecified atom stereocenters. The molecule has 112 valence electrons. The van der Waals surface area contributed by atoms with E-state index < -0.39 is 0 Å². The zero-order chi connectivity index (χ0) is 13.5. The first-order valence-electron chi connectivity index (χ1n) is 7.22. The number of halogens is 1. The normalized spacial score (nSPS) is 24.2. The second-order valence-corrected chi connectivity index (χ2v) is 7.13. The minimum atomic E-state index is -0.204. The van der Waals surface area contributed by atoms with Gasteiger partial charge >= 0.3 is 0 Å². The van der Waals surface area contributed by atoms with Crippen LogP contribution in [0, 0.1) is 5.92 Å². The van der Waals surface area contributed by atoms with E-state index in [1.165, 1.54) is 23.3 Å². The average Bonchev–Trinajstić information content (AvgIpc) is 3.16. The van der Waals surface area contributed by atoms with Gasteiger partial charge in [0.15, 0.2) is 0 Å². The molecule has 0 saturated heterocycles. The van der Waals surface area contributed by atoms with Crippen molar-refractivity contribution < 1.29 is 4.79 Å². The molecule has 0 spiro atoms. The summed E-state index contributed by atoms with van der Waals surface area (Å²) in [5.41, 5.74) is 6.94. The summed E-state index contributed by atoms with van der Waals surface area (Å²) in [6, 6.07) is 2.13. The Morgan fingerprint density at radius 3 is 2.90 bits per heavy atom. The van der Waals surface area contributed by atoms with Crippen molar-refractivity contribution in [2.45, 2.75) is 50.5 Å². The Morgan fingerprint density at radius 1 is 1.50 bits per heavy atom.